The molecule has 1 aliphatic carbocycles. The van der Waals surface area contributed by atoms with Gasteiger partial charge in [-0.3, -0.25) is 4.79 Å². The highest BCUT2D eigenvalue weighted by molar-refractivity contribution is 5.82. The van der Waals surface area contributed by atoms with Crippen molar-refractivity contribution in [2.75, 3.05) is 14.1 Å². The summed E-state index contributed by atoms with van der Waals surface area (Å²) in [5, 5.41) is 0. The number of carbonyl (C=O) groups excluding carboxylic acids is 1. The Morgan fingerprint density at radius 1 is 0.551 bits per heavy atom. The molecule has 49 heavy (non-hydrogen) atoms. The lowest BCUT2D eigenvalue weighted by Crippen LogP contribution is -2.41. The number of nitrogens with zero attached hydrogens (tertiary/aromatic N) is 1. The summed E-state index contributed by atoms with van der Waals surface area (Å²) in [5.41, 5.74) is 0. The fourth-order valence-electron chi connectivity index (χ4n) is 7.54. The third-order valence-corrected chi connectivity index (χ3v) is 10.6. The van der Waals surface area contributed by atoms with Gasteiger partial charge >= 0.3 is 0 Å². The molecule has 0 saturated heterocycles. The van der Waals surface area contributed by atoms with Crippen molar-refractivity contribution in [3.05, 3.63) is 60.8 Å². The van der Waals surface area contributed by atoms with Gasteiger partial charge in [-0.25, -0.2) is 0 Å². The van der Waals surface area contributed by atoms with Crippen LogP contribution in [0.15, 0.2) is 60.8 Å². The number of ketones is 1. The van der Waals surface area contributed by atoms with Crippen molar-refractivity contribution in [2.24, 2.45) is 11.8 Å². The zero-order chi connectivity index (χ0) is 35.5. The summed E-state index contributed by atoms with van der Waals surface area (Å²) in [6.07, 6.45) is 59.5. The van der Waals surface area contributed by atoms with Gasteiger partial charge < -0.3 is 4.90 Å². The Labute approximate surface area is 307 Å². The largest absolute Gasteiger partial charge is 0.306 e. The van der Waals surface area contributed by atoms with Crippen molar-refractivity contribution in [3.8, 4) is 0 Å². The molecule has 282 valence electrons. The fourth-order valence-corrected chi connectivity index (χ4v) is 7.54. The number of rotatable bonds is 33. The molecule has 0 aromatic carbocycles. The molecule has 0 amide bonds. The van der Waals surface area contributed by atoms with E-state index in [1.54, 1.807) is 0 Å². The molecule has 3 atom stereocenters. The molecule has 0 spiro atoms. The average molecular weight is 678 g/mol. The molecule has 0 bridgehead atoms. The van der Waals surface area contributed by atoms with E-state index in [2.05, 4.69) is 93.6 Å². The van der Waals surface area contributed by atoms with Crippen LogP contribution in [-0.4, -0.2) is 30.8 Å². The minimum Gasteiger partial charge on any atom is -0.306 e. The first-order valence-electron chi connectivity index (χ1n) is 21.5. The lowest BCUT2D eigenvalue weighted by Gasteiger charge is -2.36. The van der Waals surface area contributed by atoms with Crippen LogP contribution in [0, 0.1) is 11.8 Å². The van der Waals surface area contributed by atoms with Crippen molar-refractivity contribution in [2.45, 2.75) is 206 Å². The lowest BCUT2D eigenvalue weighted by atomic mass is 9.77. The first-order chi connectivity index (χ1) is 24.1. The first-order valence-corrected chi connectivity index (χ1v) is 21.5. The van der Waals surface area contributed by atoms with E-state index in [1.807, 2.05) is 0 Å². The average Bonchev–Trinajstić information content (AvgIpc) is 3.11. The number of hydrogen-bond acceptors (Lipinski definition) is 2. The van der Waals surface area contributed by atoms with Gasteiger partial charge in [-0.15, -0.1) is 0 Å². The zero-order valence-corrected chi connectivity index (χ0v) is 33.4. The highest BCUT2D eigenvalue weighted by Crippen LogP contribution is 2.32. The van der Waals surface area contributed by atoms with E-state index in [-0.39, 0.29) is 5.92 Å². The molecule has 2 heteroatoms. The molecule has 0 N–H and O–H groups in total. The Morgan fingerprint density at radius 2 is 0.980 bits per heavy atom. The van der Waals surface area contributed by atoms with Crippen LogP contribution in [0.3, 0.4) is 0 Å². The first kappa shape index (κ1) is 45.4. The van der Waals surface area contributed by atoms with E-state index in [0.29, 0.717) is 17.7 Å². The monoisotopic (exact) mass is 678 g/mol. The van der Waals surface area contributed by atoms with Crippen molar-refractivity contribution in [1.82, 2.24) is 4.90 Å². The molecule has 1 aliphatic rings. The van der Waals surface area contributed by atoms with Gasteiger partial charge in [0, 0.05) is 18.4 Å². The fraction of sp³-hybridized carbons (Fsp3) is 0.766. The number of unbranched alkanes of at least 4 members (excludes halogenated alkanes) is 15. The third-order valence-electron chi connectivity index (χ3n) is 10.6. The Bertz CT molecular complexity index is 877. The SMILES string of the molecule is CC/C=C\C/C=C\C/C=C\CCCCCCCCC(CCCCCCCC/C=C\C/C=C\CCCCC)CC(=O)C1CCCCC1N(C)C. The minimum atomic E-state index is 0.273. The summed E-state index contributed by atoms with van der Waals surface area (Å²) in [7, 11) is 4.36. The molecular formula is C47H83NO. The quantitative estimate of drug-likeness (QED) is 0.0509. The Morgan fingerprint density at radius 3 is 1.47 bits per heavy atom. The standard InChI is InChI=1S/C47H83NO/c1-5-7-9-11-13-15-17-19-21-23-25-27-29-31-33-35-39-44(43-47(49)45-41-37-38-42-46(45)48(3)4)40-36-34-32-30-28-26-24-22-20-18-16-14-12-10-8-6-2/h7,9,13-16,19-22,44-46H,5-6,8,10-12,17-18,23-43H2,1-4H3/b9-7-,15-13-,16-14-,21-19-,22-20-. The molecule has 0 aromatic heterocycles. The molecule has 1 saturated carbocycles. The van der Waals surface area contributed by atoms with Gasteiger partial charge in [0.2, 0.25) is 0 Å². The van der Waals surface area contributed by atoms with Crippen LogP contribution in [0.5, 0.6) is 0 Å². The van der Waals surface area contributed by atoms with Gasteiger partial charge in [0.1, 0.15) is 5.78 Å². The molecule has 0 radical (unpaired) electrons. The Balaban J connectivity index is 2.28. The van der Waals surface area contributed by atoms with E-state index >= 15 is 0 Å². The second-order valence-corrected chi connectivity index (χ2v) is 15.3. The topological polar surface area (TPSA) is 20.3 Å². The van der Waals surface area contributed by atoms with E-state index in [4.69, 9.17) is 0 Å². The van der Waals surface area contributed by atoms with Gasteiger partial charge in [-0.05, 0) is 97.1 Å². The van der Waals surface area contributed by atoms with Crippen molar-refractivity contribution >= 4 is 5.78 Å². The predicted molar refractivity (Wildman–Crippen MR) is 220 cm³/mol. The molecule has 0 aliphatic heterocycles. The number of allylic oxidation sites excluding steroid dienone is 10. The summed E-state index contributed by atoms with van der Waals surface area (Å²) in [6, 6.07) is 0.461. The van der Waals surface area contributed by atoms with Crippen molar-refractivity contribution in [1.29, 1.82) is 0 Å². The minimum absolute atomic E-state index is 0.273. The van der Waals surface area contributed by atoms with Crippen LogP contribution in [-0.2, 0) is 4.79 Å². The number of Topliss-reactive ketones (excluding diaryl/α,β-unsaturated/α-hetero) is 1. The van der Waals surface area contributed by atoms with Crippen LogP contribution in [0.4, 0.5) is 0 Å². The molecule has 0 heterocycles. The van der Waals surface area contributed by atoms with Crippen LogP contribution in [0.1, 0.15) is 200 Å². The maximum atomic E-state index is 13.6. The molecule has 3 unspecified atom stereocenters. The molecule has 0 aromatic rings. The summed E-state index contributed by atoms with van der Waals surface area (Å²) in [4.78, 5) is 16.0. The highest BCUT2D eigenvalue weighted by atomic mass is 16.1. The summed E-state index contributed by atoms with van der Waals surface area (Å²) < 4.78 is 0. The van der Waals surface area contributed by atoms with Crippen LogP contribution in [0.2, 0.25) is 0 Å². The van der Waals surface area contributed by atoms with E-state index in [1.165, 1.54) is 148 Å². The maximum Gasteiger partial charge on any atom is 0.137 e. The maximum absolute atomic E-state index is 13.6. The Hall–Kier alpha value is -1.67. The second-order valence-electron chi connectivity index (χ2n) is 15.3. The van der Waals surface area contributed by atoms with Crippen LogP contribution < -0.4 is 0 Å². The van der Waals surface area contributed by atoms with Crippen LogP contribution >= 0.6 is 0 Å². The molecule has 1 fully saturated rings. The van der Waals surface area contributed by atoms with Gasteiger partial charge in [0.05, 0.1) is 0 Å². The van der Waals surface area contributed by atoms with Crippen molar-refractivity contribution in [3.63, 3.8) is 0 Å². The van der Waals surface area contributed by atoms with E-state index in [9.17, 15) is 4.79 Å². The van der Waals surface area contributed by atoms with Gasteiger partial charge in [0.15, 0.2) is 0 Å². The normalized spacial score (nSPS) is 18.1. The van der Waals surface area contributed by atoms with Crippen molar-refractivity contribution < 1.29 is 4.79 Å². The second kappa shape index (κ2) is 34.8. The third kappa shape index (κ3) is 27.7. The van der Waals surface area contributed by atoms with E-state index in [0.717, 1.165) is 38.5 Å². The van der Waals surface area contributed by atoms with Crippen LogP contribution in [0.25, 0.3) is 0 Å². The molecule has 2 nitrogen and oxygen atoms in total. The van der Waals surface area contributed by atoms with Gasteiger partial charge in [-0.1, -0.05) is 177 Å². The number of carbonyl (C=O) groups is 1. The molecule has 1 rings (SSSR count). The smallest absolute Gasteiger partial charge is 0.137 e. The summed E-state index contributed by atoms with van der Waals surface area (Å²) in [6.45, 7) is 4.45. The number of hydrogen-bond donors (Lipinski definition) is 0. The zero-order valence-electron chi connectivity index (χ0n) is 33.4. The van der Waals surface area contributed by atoms with Gasteiger partial charge in [0.25, 0.3) is 0 Å². The summed E-state index contributed by atoms with van der Waals surface area (Å²) >= 11 is 0. The molecular weight excluding hydrogens is 595 g/mol. The predicted octanol–water partition coefficient (Wildman–Crippen LogP) is 14.9. The highest BCUT2D eigenvalue weighted by Gasteiger charge is 2.32. The lowest BCUT2D eigenvalue weighted by molar-refractivity contribution is -0.127. The van der Waals surface area contributed by atoms with E-state index < -0.39 is 0 Å². The van der Waals surface area contributed by atoms with Gasteiger partial charge in [-0.2, -0.15) is 0 Å². The Kier molecular flexibility index (Phi) is 32.2. The summed E-state index contributed by atoms with van der Waals surface area (Å²) in [5.74, 6) is 1.46.